The van der Waals surface area contributed by atoms with E-state index in [4.69, 9.17) is 5.73 Å². The Kier molecular flexibility index (Phi) is 2.45. The van der Waals surface area contributed by atoms with Crippen molar-refractivity contribution in [2.75, 3.05) is 5.73 Å². The number of anilines is 1. The zero-order valence-corrected chi connectivity index (χ0v) is 11.8. The highest BCUT2D eigenvalue weighted by atomic mass is 15.4. The lowest BCUT2D eigenvalue weighted by Gasteiger charge is -2.56. The van der Waals surface area contributed by atoms with Crippen molar-refractivity contribution in [1.29, 1.82) is 0 Å². The van der Waals surface area contributed by atoms with E-state index in [0.717, 1.165) is 36.5 Å². The highest BCUT2D eigenvalue weighted by Crippen LogP contribution is 2.60. The van der Waals surface area contributed by atoms with Gasteiger partial charge in [0.05, 0.1) is 6.54 Å². The fourth-order valence-corrected chi connectivity index (χ4v) is 5.47. The van der Waals surface area contributed by atoms with E-state index >= 15 is 0 Å². The first-order valence-corrected chi connectivity index (χ1v) is 7.85. The normalized spacial score (nSPS) is 39.9. The molecule has 4 fully saturated rings. The molecule has 1 aromatic rings. The maximum atomic E-state index is 6.04. The fourth-order valence-electron chi connectivity index (χ4n) is 5.47. The smallest absolute Gasteiger partial charge is 0.218 e. The van der Waals surface area contributed by atoms with Crippen LogP contribution in [0.3, 0.4) is 0 Å². The maximum absolute atomic E-state index is 6.04. The van der Waals surface area contributed by atoms with Crippen LogP contribution >= 0.6 is 0 Å². The second-order valence-corrected chi connectivity index (χ2v) is 7.31. The van der Waals surface area contributed by atoms with Gasteiger partial charge in [0.25, 0.3) is 0 Å². The first kappa shape index (κ1) is 11.7. The van der Waals surface area contributed by atoms with Gasteiger partial charge < -0.3 is 5.73 Å². The van der Waals surface area contributed by atoms with Crippen molar-refractivity contribution >= 4 is 5.95 Å². The summed E-state index contributed by atoms with van der Waals surface area (Å²) in [6.07, 6.45) is 9.56. The van der Waals surface area contributed by atoms with Gasteiger partial charge >= 0.3 is 0 Å². The van der Waals surface area contributed by atoms with Crippen molar-refractivity contribution < 1.29 is 0 Å². The molecule has 4 heteroatoms. The summed E-state index contributed by atoms with van der Waals surface area (Å²) in [6.45, 7) is 3.10. The molecule has 0 atom stereocenters. The molecule has 2 N–H and O–H groups in total. The first-order chi connectivity index (χ1) is 9.16. The third-order valence-electron chi connectivity index (χ3n) is 5.71. The van der Waals surface area contributed by atoms with Crippen molar-refractivity contribution in [1.82, 2.24) is 14.8 Å². The lowest BCUT2D eigenvalue weighted by atomic mass is 9.49. The molecule has 4 aliphatic carbocycles. The van der Waals surface area contributed by atoms with Gasteiger partial charge in [-0.3, -0.25) is 0 Å². The summed E-state index contributed by atoms with van der Waals surface area (Å²) in [6, 6.07) is 0. The summed E-state index contributed by atoms with van der Waals surface area (Å²) >= 11 is 0. The van der Waals surface area contributed by atoms with Gasteiger partial charge in [0.15, 0.2) is 5.82 Å². The zero-order chi connectivity index (χ0) is 13.0. The van der Waals surface area contributed by atoms with Crippen LogP contribution in [0.25, 0.3) is 0 Å². The summed E-state index contributed by atoms with van der Waals surface area (Å²) in [7, 11) is 0. The minimum atomic E-state index is 0.488. The Morgan fingerprint density at radius 3 is 2.21 bits per heavy atom. The second-order valence-electron chi connectivity index (χ2n) is 7.31. The monoisotopic (exact) mass is 260 g/mol. The summed E-state index contributed by atoms with van der Waals surface area (Å²) in [5.41, 5.74) is 6.52. The van der Waals surface area contributed by atoms with E-state index in [-0.39, 0.29) is 0 Å². The number of hydrogen-bond donors (Lipinski definition) is 1. The van der Waals surface area contributed by atoms with Crippen LogP contribution in [0.2, 0.25) is 0 Å². The van der Waals surface area contributed by atoms with Crippen LogP contribution in [0.4, 0.5) is 5.95 Å². The number of aryl methyl sites for hydroxylation is 1. The highest BCUT2D eigenvalue weighted by molar-refractivity contribution is 5.17. The lowest BCUT2D eigenvalue weighted by molar-refractivity contribution is -0.0632. The Balaban J connectivity index is 1.60. The topological polar surface area (TPSA) is 56.7 Å². The highest BCUT2D eigenvalue weighted by Gasteiger charge is 2.51. The minimum Gasteiger partial charge on any atom is -0.368 e. The Labute approximate surface area is 114 Å². The Morgan fingerprint density at radius 1 is 1.16 bits per heavy atom. The molecular formula is C15H24N4. The Morgan fingerprint density at radius 2 is 1.74 bits per heavy atom. The predicted octanol–water partition coefficient (Wildman–Crippen LogP) is 2.64. The quantitative estimate of drug-likeness (QED) is 0.909. The zero-order valence-electron chi connectivity index (χ0n) is 11.8. The molecule has 0 aromatic carbocycles. The molecule has 104 valence electrons. The third-order valence-corrected chi connectivity index (χ3v) is 5.71. The van der Waals surface area contributed by atoms with E-state index < -0.39 is 0 Å². The van der Waals surface area contributed by atoms with E-state index in [1.807, 2.05) is 4.68 Å². The molecule has 4 nitrogen and oxygen atoms in total. The Bertz CT molecular complexity index is 455. The number of nitrogen functional groups attached to an aromatic ring is 1. The average Bonchev–Trinajstić information content (AvgIpc) is 2.67. The van der Waals surface area contributed by atoms with Crippen LogP contribution in [-0.4, -0.2) is 14.8 Å². The van der Waals surface area contributed by atoms with Crippen molar-refractivity contribution in [3.05, 3.63) is 5.82 Å². The molecule has 5 rings (SSSR count). The molecule has 0 saturated heterocycles. The number of nitrogens with zero attached hydrogens (tertiary/aromatic N) is 3. The van der Waals surface area contributed by atoms with Crippen LogP contribution in [-0.2, 0) is 13.0 Å². The predicted molar refractivity (Wildman–Crippen MR) is 74.4 cm³/mol. The van der Waals surface area contributed by atoms with Gasteiger partial charge in [-0.15, -0.1) is 0 Å². The number of nitrogens with two attached hydrogens (primary N) is 1. The maximum Gasteiger partial charge on any atom is 0.218 e. The van der Waals surface area contributed by atoms with Gasteiger partial charge in [0.2, 0.25) is 5.95 Å². The van der Waals surface area contributed by atoms with Gasteiger partial charge in [0, 0.05) is 6.42 Å². The molecule has 4 aliphatic rings. The summed E-state index contributed by atoms with van der Waals surface area (Å²) in [5, 5.41) is 4.58. The molecule has 0 aliphatic heterocycles. The van der Waals surface area contributed by atoms with Gasteiger partial charge in [-0.2, -0.15) is 10.1 Å². The number of rotatable bonds is 3. The van der Waals surface area contributed by atoms with E-state index in [0.29, 0.717) is 11.4 Å². The van der Waals surface area contributed by atoms with Crippen LogP contribution in [0.15, 0.2) is 0 Å². The van der Waals surface area contributed by atoms with Crippen molar-refractivity contribution in [2.24, 2.45) is 23.2 Å². The van der Waals surface area contributed by atoms with E-state index in [9.17, 15) is 0 Å². The molecule has 0 unspecified atom stereocenters. The van der Waals surface area contributed by atoms with E-state index in [1.165, 1.54) is 38.5 Å². The van der Waals surface area contributed by atoms with Crippen LogP contribution < -0.4 is 5.73 Å². The lowest BCUT2D eigenvalue weighted by Crippen LogP contribution is -2.48. The van der Waals surface area contributed by atoms with Crippen LogP contribution in [0, 0.1) is 23.2 Å². The molecule has 0 spiro atoms. The average molecular weight is 260 g/mol. The van der Waals surface area contributed by atoms with E-state index in [2.05, 4.69) is 17.0 Å². The van der Waals surface area contributed by atoms with E-state index in [1.54, 1.807) is 0 Å². The number of hydrogen-bond acceptors (Lipinski definition) is 3. The SMILES string of the molecule is CCc1nc(N)n(CC23CC4CC(CC(C4)C2)C3)n1. The molecule has 4 bridgehead atoms. The van der Waals surface area contributed by atoms with Crippen LogP contribution in [0.5, 0.6) is 0 Å². The third kappa shape index (κ3) is 1.87. The van der Waals surface area contributed by atoms with Crippen molar-refractivity contribution in [3.63, 3.8) is 0 Å². The molecule has 19 heavy (non-hydrogen) atoms. The molecule has 1 aromatic heterocycles. The Hall–Kier alpha value is -1.06. The van der Waals surface area contributed by atoms with Crippen molar-refractivity contribution in [2.45, 2.75) is 58.4 Å². The summed E-state index contributed by atoms with van der Waals surface area (Å²) in [5.74, 6) is 4.47. The summed E-state index contributed by atoms with van der Waals surface area (Å²) in [4.78, 5) is 4.36. The van der Waals surface area contributed by atoms with Gasteiger partial charge in [-0.25, -0.2) is 4.68 Å². The standard InChI is InChI=1S/C15H24N4/c1-2-13-17-14(16)19(18-13)9-15-6-10-3-11(7-15)5-12(4-10)8-15/h10-12H,2-9H2,1H3,(H2,16,17,18). The fraction of sp³-hybridized carbons (Fsp3) is 0.867. The molecule has 1 heterocycles. The van der Waals surface area contributed by atoms with Gasteiger partial charge in [-0.1, -0.05) is 6.92 Å². The molecular weight excluding hydrogens is 236 g/mol. The van der Waals surface area contributed by atoms with Crippen LogP contribution in [0.1, 0.15) is 51.3 Å². The first-order valence-electron chi connectivity index (χ1n) is 7.85. The second kappa shape index (κ2) is 3.97. The van der Waals surface area contributed by atoms with Gasteiger partial charge in [-0.05, 0) is 61.7 Å². The minimum absolute atomic E-state index is 0.488. The molecule has 0 radical (unpaired) electrons. The molecule has 0 amide bonds. The van der Waals surface area contributed by atoms with Crippen molar-refractivity contribution in [3.8, 4) is 0 Å². The number of aromatic nitrogens is 3. The molecule has 4 saturated carbocycles. The largest absolute Gasteiger partial charge is 0.368 e. The summed E-state index contributed by atoms with van der Waals surface area (Å²) < 4.78 is 1.99. The van der Waals surface area contributed by atoms with Gasteiger partial charge in [0.1, 0.15) is 0 Å².